The third-order valence-corrected chi connectivity index (χ3v) is 8.77. The number of imidazole rings is 1. The highest BCUT2D eigenvalue weighted by Gasteiger charge is 2.47. The van der Waals surface area contributed by atoms with Gasteiger partial charge in [0.25, 0.3) is 0 Å². The molecule has 0 saturated carbocycles. The molecule has 1 fully saturated rings. The minimum atomic E-state index is -5.74. The fourth-order valence-corrected chi connectivity index (χ4v) is 6.43. The second kappa shape index (κ2) is 11.1. The molecule has 0 bridgehead atoms. The molecule has 0 aliphatic carbocycles. The summed E-state index contributed by atoms with van der Waals surface area (Å²) in [5.41, 5.74) is 6.85. The Morgan fingerprint density at radius 2 is 1.67 bits per heavy atom. The second-order valence-electron chi connectivity index (χ2n) is 7.81. The number of anilines is 1. The van der Waals surface area contributed by atoms with E-state index >= 15 is 0 Å². The van der Waals surface area contributed by atoms with Gasteiger partial charge in [-0.1, -0.05) is 24.1 Å². The van der Waals surface area contributed by atoms with Gasteiger partial charge in [0.1, 0.15) is 23.8 Å². The maximum atomic E-state index is 12.0. The third-order valence-electron chi connectivity index (χ3n) is 4.97. The second-order valence-corrected chi connectivity index (χ2v) is 12.2. The number of nitrogens with two attached hydrogens (primary N) is 1. The average Bonchev–Trinajstić information content (AvgIpc) is 3.36. The number of rotatable bonds is 8. The van der Waals surface area contributed by atoms with Gasteiger partial charge in [-0.15, -0.1) is 0 Å². The number of hydrogen-bond acceptors (Lipinski definition) is 13. The first-order chi connectivity index (χ1) is 18.1. The molecule has 8 N–H and O–H groups in total. The van der Waals surface area contributed by atoms with E-state index in [1.165, 1.54) is 10.9 Å². The Kier molecular flexibility index (Phi) is 8.39. The summed E-state index contributed by atoms with van der Waals surface area (Å²) in [6, 6.07) is 8.95. The summed E-state index contributed by atoms with van der Waals surface area (Å²) in [4.78, 5) is 48.5. The van der Waals surface area contributed by atoms with Gasteiger partial charge in [-0.3, -0.25) is 9.09 Å². The molecule has 39 heavy (non-hydrogen) atoms. The topological polar surface area (TPSA) is 279 Å². The Morgan fingerprint density at radius 1 is 0.974 bits per heavy atom. The maximum absolute atomic E-state index is 12.0. The highest BCUT2D eigenvalue weighted by molar-refractivity contribution is 7.66. The Bertz CT molecular complexity index is 1570. The Hall–Kier alpha value is -2.58. The lowest BCUT2D eigenvalue weighted by Crippen LogP contribution is -2.33. The normalized spacial score (nSPS) is 24.6. The lowest BCUT2D eigenvalue weighted by atomic mass is 10.1. The number of fused-ring (bicyclic) bond motifs is 1. The predicted octanol–water partition coefficient (Wildman–Crippen LogP) is -0.229. The lowest BCUT2D eigenvalue weighted by Gasteiger charge is -2.19. The molecule has 1 aromatic carbocycles. The summed E-state index contributed by atoms with van der Waals surface area (Å²) in [7, 11) is -16.8. The Labute approximate surface area is 218 Å². The van der Waals surface area contributed by atoms with E-state index < -0.39 is 54.6 Å². The summed E-state index contributed by atoms with van der Waals surface area (Å²) in [5, 5.41) is 20.9. The lowest BCUT2D eigenvalue weighted by molar-refractivity contribution is -0.0503. The first kappa shape index (κ1) is 29.4. The average molecular weight is 607 g/mol. The van der Waals surface area contributed by atoms with Gasteiger partial charge < -0.3 is 40.3 Å². The van der Waals surface area contributed by atoms with Gasteiger partial charge in [0, 0.05) is 5.56 Å². The predicted molar refractivity (Wildman–Crippen MR) is 128 cm³/mol. The zero-order chi connectivity index (χ0) is 28.6. The molecule has 1 saturated heterocycles. The maximum Gasteiger partial charge on any atom is 0.490 e. The van der Waals surface area contributed by atoms with Crippen LogP contribution < -0.4 is 5.73 Å². The van der Waals surface area contributed by atoms with Crippen LogP contribution in [-0.4, -0.2) is 74.2 Å². The molecule has 1 aliphatic heterocycles. The molecule has 0 radical (unpaired) electrons. The van der Waals surface area contributed by atoms with Gasteiger partial charge in [-0.05, 0) is 18.1 Å². The molecule has 210 valence electrons. The number of aromatic nitrogens is 4. The third kappa shape index (κ3) is 7.34. The molecular formula is C18H20N5O13P3. The molecule has 1 aliphatic rings. The van der Waals surface area contributed by atoms with Crippen molar-refractivity contribution < 1.29 is 61.4 Å². The molecule has 3 aromatic rings. The summed E-state index contributed by atoms with van der Waals surface area (Å²) in [6.45, 7) is -0.990. The largest absolute Gasteiger partial charge is 0.490 e. The van der Waals surface area contributed by atoms with Crippen molar-refractivity contribution in [1.82, 2.24) is 19.5 Å². The van der Waals surface area contributed by atoms with Gasteiger partial charge in [0.15, 0.2) is 17.7 Å². The molecule has 0 spiro atoms. The molecule has 3 unspecified atom stereocenters. The van der Waals surface area contributed by atoms with Crippen LogP contribution in [0.25, 0.3) is 11.2 Å². The smallest absolute Gasteiger partial charge is 0.387 e. The van der Waals surface area contributed by atoms with Crippen molar-refractivity contribution >= 4 is 40.4 Å². The highest BCUT2D eigenvalue weighted by atomic mass is 31.3. The van der Waals surface area contributed by atoms with Crippen LogP contribution in [0.5, 0.6) is 0 Å². The van der Waals surface area contributed by atoms with Crippen molar-refractivity contribution in [3.05, 3.63) is 48.0 Å². The molecule has 18 nitrogen and oxygen atoms in total. The number of hydrogen-bond donors (Lipinski definition) is 7. The number of aliphatic hydroxyl groups is 2. The summed E-state index contributed by atoms with van der Waals surface area (Å²) in [5.74, 6) is 5.61. The summed E-state index contributed by atoms with van der Waals surface area (Å²) in [6.07, 6.45) is -5.08. The van der Waals surface area contributed by atoms with Crippen LogP contribution in [-0.2, 0) is 31.6 Å². The zero-order valence-corrected chi connectivity index (χ0v) is 21.9. The highest BCUT2D eigenvalue weighted by Crippen LogP contribution is 2.66. The van der Waals surface area contributed by atoms with Gasteiger partial charge in [-0.2, -0.15) is 8.62 Å². The fraction of sp³-hybridized carbons (Fsp3) is 0.278. The molecule has 4 rings (SSSR count). The van der Waals surface area contributed by atoms with E-state index in [4.69, 9.17) is 20.3 Å². The molecular weight excluding hydrogens is 587 g/mol. The molecule has 21 heteroatoms. The van der Waals surface area contributed by atoms with Gasteiger partial charge in [-0.25, -0.2) is 28.6 Å². The van der Waals surface area contributed by atoms with Crippen molar-refractivity contribution in [2.45, 2.75) is 24.5 Å². The number of phosphoric acid groups is 3. The van der Waals surface area contributed by atoms with E-state index in [0.29, 0.717) is 5.56 Å². The van der Waals surface area contributed by atoms with Crippen LogP contribution in [0.4, 0.5) is 5.82 Å². The minimum Gasteiger partial charge on any atom is -0.387 e. The summed E-state index contributed by atoms with van der Waals surface area (Å²) < 4.78 is 52.6. The number of phosphoric ester groups is 1. The van der Waals surface area contributed by atoms with Gasteiger partial charge >= 0.3 is 23.5 Å². The minimum absolute atomic E-state index is 0.0165. The molecule has 6 atom stereocenters. The van der Waals surface area contributed by atoms with E-state index in [1.54, 1.807) is 24.3 Å². The first-order valence-corrected chi connectivity index (χ1v) is 15.0. The van der Waals surface area contributed by atoms with Crippen molar-refractivity contribution in [1.29, 1.82) is 0 Å². The van der Waals surface area contributed by atoms with Crippen LogP contribution in [0, 0.1) is 11.8 Å². The zero-order valence-electron chi connectivity index (χ0n) is 19.2. The van der Waals surface area contributed by atoms with Crippen LogP contribution in [0.15, 0.2) is 36.7 Å². The molecule has 3 heterocycles. The number of nitrogen functional groups attached to an aromatic ring is 1. The number of benzene rings is 1. The van der Waals surface area contributed by atoms with E-state index in [0.717, 1.165) is 0 Å². The number of ether oxygens (including phenoxy) is 1. The monoisotopic (exact) mass is 607 g/mol. The number of aliphatic hydroxyl groups excluding tert-OH is 2. The van der Waals surface area contributed by atoms with Crippen LogP contribution in [0.1, 0.15) is 17.6 Å². The quantitative estimate of drug-likeness (QED) is 0.129. The SMILES string of the molecule is Nc1nc(C#Cc2ccccc2)nc2c1ncn2C1O[C@H](COP(=O)(O)OP(=O)(O)OP(=O)(O)O)[C@@H](O)[C@H]1O. The first-order valence-electron chi connectivity index (χ1n) is 10.5. The fourth-order valence-electron chi connectivity index (χ4n) is 3.40. The van der Waals surface area contributed by atoms with Crippen molar-refractivity contribution in [3.63, 3.8) is 0 Å². The van der Waals surface area contributed by atoms with E-state index in [2.05, 4.69) is 39.9 Å². The van der Waals surface area contributed by atoms with Crippen molar-refractivity contribution in [3.8, 4) is 11.8 Å². The molecule has 0 amide bonds. The number of nitrogens with zero attached hydrogens (tertiary/aromatic N) is 4. The Morgan fingerprint density at radius 3 is 2.33 bits per heavy atom. The van der Waals surface area contributed by atoms with E-state index in [1.807, 2.05) is 6.07 Å². The van der Waals surface area contributed by atoms with Crippen LogP contribution >= 0.6 is 23.5 Å². The van der Waals surface area contributed by atoms with Crippen LogP contribution in [0.3, 0.4) is 0 Å². The Balaban J connectivity index is 1.51. The standard InChI is InChI=1S/C18H20N5O13P3/c19-16-13-17(22-12(21-16)7-6-10-4-2-1-3-5-10)23(9-20-13)18-15(25)14(24)11(34-18)8-33-38(29,30)36-39(31,32)35-37(26,27)28/h1-5,9,11,14-15,18,24-25H,8H2,(H,29,30)(H,31,32)(H2,19,21,22)(H2,26,27,28)/t11-,14-,15-,18?/m1/s1. The van der Waals surface area contributed by atoms with Gasteiger partial charge in [0.2, 0.25) is 5.82 Å². The summed E-state index contributed by atoms with van der Waals surface area (Å²) >= 11 is 0. The van der Waals surface area contributed by atoms with E-state index in [9.17, 15) is 33.7 Å². The van der Waals surface area contributed by atoms with Crippen molar-refractivity contribution in [2.24, 2.45) is 0 Å². The van der Waals surface area contributed by atoms with Crippen LogP contribution in [0.2, 0.25) is 0 Å². The van der Waals surface area contributed by atoms with Gasteiger partial charge in [0.05, 0.1) is 12.9 Å². The van der Waals surface area contributed by atoms with Crippen molar-refractivity contribution in [2.75, 3.05) is 12.3 Å². The molecule has 2 aromatic heterocycles. The van der Waals surface area contributed by atoms with E-state index in [-0.39, 0.29) is 22.8 Å².